The fourth-order valence-electron chi connectivity index (χ4n) is 4.24. The first-order valence-electron chi connectivity index (χ1n) is 10.0. The first-order chi connectivity index (χ1) is 12.5. The zero-order valence-electron chi connectivity index (χ0n) is 16.4. The summed E-state index contributed by atoms with van der Waals surface area (Å²) in [7, 11) is 2.21. The van der Waals surface area contributed by atoms with E-state index >= 15 is 0 Å². The van der Waals surface area contributed by atoms with Gasteiger partial charge in [-0.05, 0) is 45.4 Å². The molecule has 2 unspecified atom stereocenters. The van der Waals surface area contributed by atoms with Crippen molar-refractivity contribution in [2.24, 2.45) is 0 Å². The third kappa shape index (κ3) is 4.98. The maximum absolute atomic E-state index is 12.7. The molecule has 144 valence electrons. The minimum atomic E-state index is -0.0280. The highest BCUT2D eigenvalue weighted by atomic mass is 16.5. The Kier molecular flexibility index (Phi) is 6.54. The summed E-state index contributed by atoms with van der Waals surface area (Å²) >= 11 is 0. The number of nitrogens with one attached hydrogen (secondary N) is 1. The molecule has 1 aromatic rings. The maximum atomic E-state index is 12.7. The molecule has 0 spiro atoms. The van der Waals surface area contributed by atoms with E-state index in [0.717, 1.165) is 12.2 Å². The summed E-state index contributed by atoms with van der Waals surface area (Å²) in [6.07, 6.45) is 6.77. The van der Waals surface area contributed by atoms with Crippen molar-refractivity contribution < 1.29 is 9.53 Å². The zero-order valence-corrected chi connectivity index (χ0v) is 16.4. The predicted molar refractivity (Wildman–Crippen MR) is 105 cm³/mol. The van der Waals surface area contributed by atoms with Crippen molar-refractivity contribution in [2.45, 2.75) is 70.7 Å². The van der Waals surface area contributed by atoms with Crippen molar-refractivity contribution in [3.63, 3.8) is 0 Å². The normalized spacial score (nSPS) is 24.7. The number of hydrogen-bond donors (Lipinski definition) is 1. The van der Waals surface area contributed by atoms with Crippen molar-refractivity contribution in [2.75, 3.05) is 25.5 Å². The summed E-state index contributed by atoms with van der Waals surface area (Å²) < 4.78 is 5.73. The molecular weight excluding hydrogens is 326 g/mol. The Morgan fingerprint density at radius 3 is 2.50 bits per heavy atom. The molecule has 1 aliphatic carbocycles. The number of benzene rings is 1. The van der Waals surface area contributed by atoms with Crippen LogP contribution in [0.2, 0.25) is 0 Å². The van der Waals surface area contributed by atoms with Crippen LogP contribution in [0.4, 0.5) is 10.5 Å². The smallest absolute Gasteiger partial charge is 0.322 e. The Morgan fingerprint density at radius 2 is 1.81 bits per heavy atom. The molecule has 2 amide bonds. The number of amides is 2. The van der Waals surface area contributed by atoms with Gasteiger partial charge >= 0.3 is 6.03 Å². The first kappa shape index (κ1) is 19.2. The molecule has 0 bridgehead atoms. The van der Waals surface area contributed by atoms with Gasteiger partial charge in [0, 0.05) is 31.4 Å². The summed E-state index contributed by atoms with van der Waals surface area (Å²) in [6, 6.07) is 8.81. The van der Waals surface area contributed by atoms with Crippen LogP contribution >= 0.6 is 0 Å². The number of morpholine rings is 1. The average molecular weight is 360 g/mol. The molecule has 26 heavy (non-hydrogen) atoms. The number of carbonyl (C=O) groups excluding carboxylic acids is 1. The zero-order chi connectivity index (χ0) is 18.5. The van der Waals surface area contributed by atoms with Gasteiger partial charge in [0.15, 0.2) is 0 Å². The molecule has 2 atom stereocenters. The molecule has 1 saturated carbocycles. The number of anilines is 1. The highest BCUT2D eigenvalue weighted by Crippen LogP contribution is 2.25. The van der Waals surface area contributed by atoms with Gasteiger partial charge in [-0.15, -0.1) is 0 Å². The summed E-state index contributed by atoms with van der Waals surface area (Å²) in [5, 5.41) is 3.13. The lowest BCUT2D eigenvalue weighted by molar-refractivity contribution is -0.0530. The van der Waals surface area contributed by atoms with E-state index in [1.807, 2.05) is 30.9 Å². The standard InChI is InChI=1S/C21H33N3O2/c1-16-13-24(14-17(2)26-16)21(25)22-20-12-8-7-9-18(20)15-23(3)19-10-5-4-6-11-19/h7-9,12,16-17,19H,4-6,10-11,13-15H2,1-3H3,(H,22,25). The molecule has 1 aromatic carbocycles. The van der Waals surface area contributed by atoms with E-state index in [9.17, 15) is 4.79 Å². The Hall–Kier alpha value is -1.59. The molecule has 1 aliphatic heterocycles. The van der Waals surface area contributed by atoms with Gasteiger partial charge < -0.3 is 15.0 Å². The highest BCUT2D eigenvalue weighted by molar-refractivity contribution is 5.90. The molecule has 0 radical (unpaired) electrons. The van der Waals surface area contributed by atoms with Crippen LogP contribution in [0.3, 0.4) is 0 Å². The van der Waals surface area contributed by atoms with Crippen LogP contribution in [0.1, 0.15) is 51.5 Å². The number of para-hydroxylation sites is 1. The third-order valence-corrected chi connectivity index (χ3v) is 5.58. The van der Waals surface area contributed by atoms with E-state index in [1.165, 1.54) is 37.7 Å². The molecule has 1 heterocycles. The summed E-state index contributed by atoms with van der Waals surface area (Å²) in [5.74, 6) is 0. The molecule has 5 nitrogen and oxygen atoms in total. The van der Waals surface area contributed by atoms with Gasteiger partial charge in [0.1, 0.15) is 0 Å². The van der Waals surface area contributed by atoms with Crippen molar-refractivity contribution in [1.29, 1.82) is 0 Å². The van der Waals surface area contributed by atoms with Gasteiger partial charge in [-0.3, -0.25) is 4.90 Å². The SMILES string of the molecule is CC1CN(C(=O)Nc2ccccc2CN(C)C2CCCCC2)CC(C)O1. The van der Waals surface area contributed by atoms with Crippen molar-refractivity contribution in [1.82, 2.24) is 9.80 Å². The molecule has 5 heteroatoms. The quantitative estimate of drug-likeness (QED) is 0.880. The van der Waals surface area contributed by atoms with Crippen LogP contribution in [0.5, 0.6) is 0 Å². The van der Waals surface area contributed by atoms with Crippen LogP contribution in [0, 0.1) is 0 Å². The van der Waals surface area contributed by atoms with E-state index in [0.29, 0.717) is 19.1 Å². The van der Waals surface area contributed by atoms with Crippen LogP contribution < -0.4 is 5.32 Å². The summed E-state index contributed by atoms with van der Waals surface area (Å²) in [4.78, 5) is 17.1. The monoisotopic (exact) mass is 359 g/mol. The van der Waals surface area contributed by atoms with Gasteiger partial charge in [0.05, 0.1) is 12.2 Å². The lowest BCUT2D eigenvalue weighted by Gasteiger charge is -2.35. The van der Waals surface area contributed by atoms with Gasteiger partial charge in [-0.25, -0.2) is 4.79 Å². The molecule has 1 N–H and O–H groups in total. The van der Waals surface area contributed by atoms with Gasteiger partial charge in [-0.2, -0.15) is 0 Å². The largest absolute Gasteiger partial charge is 0.372 e. The fraction of sp³-hybridized carbons (Fsp3) is 0.667. The fourth-order valence-corrected chi connectivity index (χ4v) is 4.24. The van der Waals surface area contributed by atoms with E-state index in [2.05, 4.69) is 29.4 Å². The van der Waals surface area contributed by atoms with Crippen LogP contribution in [-0.2, 0) is 11.3 Å². The van der Waals surface area contributed by atoms with E-state index in [4.69, 9.17) is 4.74 Å². The van der Waals surface area contributed by atoms with Gasteiger partial charge in [0.2, 0.25) is 0 Å². The van der Waals surface area contributed by atoms with Gasteiger partial charge in [-0.1, -0.05) is 37.5 Å². The number of rotatable bonds is 4. The molecule has 2 aliphatic rings. The van der Waals surface area contributed by atoms with Crippen molar-refractivity contribution in [3.05, 3.63) is 29.8 Å². The van der Waals surface area contributed by atoms with E-state index in [1.54, 1.807) is 0 Å². The number of ether oxygens (including phenoxy) is 1. The number of hydrogen-bond acceptors (Lipinski definition) is 3. The van der Waals surface area contributed by atoms with Gasteiger partial charge in [0.25, 0.3) is 0 Å². The Morgan fingerprint density at radius 1 is 1.15 bits per heavy atom. The van der Waals surface area contributed by atoms with Crippen molar-refractivity contribution in [3.8, 4) is 0 Å². The second-order valence-corrected chi connectivity index (χ2v) is 7.96. The molecular formula is C21H33N3O2. The minimum Gasteiger partial charge on any atom is -0.372 e. The third-order valence-electron chi connectivity index (χ3n) is 5.58. The van der Waals surface area contributed by atoms with Crippen LogP contribution in [0.25, 0.3) is 0 Å². The predicted octanol–water partition coefficient (Wildman–Crippen LogP) is 4.09. The summed E-state index contributed by atoms with van der Waals surface area (Å²) in [5.41, 5.74) is 2.11. The maximum Gasteiger partial charge on any atom is 0.322 e. The van der Waals surface area contributed by atoms with E-state index in [-0.39, 0.29) is 18.2 Å². The summed E-state index contributed by atoms with van der Waals surface area (Å²) in [6.45, 7) is 6.18. The van der Waals surface area contributed by atoms with E-state index < -0.39 is 0 Å². The highest BCUT2D eigenvalue weighted by Gasteiger charge is 2.26. The molecule has 3 rings (SSSR count). The van der Waals surface area contributed by atoms with Crippen molar-refractivity contribution >= 4 is 11.7 Å². The minimum absolute atomic E-state index is 0.0280. The lowest BCUT2D eigenvalue weighted by atomic mass is 9.94. The first-order valence-corrected chi connectivity index (χ1v) is 10.0. The lowest BCUT2D eigenvalue weighted by Crippen LogP contribution is -2.49. The second-order valence-electron chi connectivity index (χ2n) is 7.96. The Bertz CT molecular complexity index is 591. The number of nitrogens with zero attached hydrogens (tertiary/aromatic N) is 2. The number of urea groups is 1. The Labute approximate surface area is 157 Å². The molecule has 2 fully saturated rings. The number of carbonyl (C=O) groups is 1. The topological polar surface area (TPSA) is 44.8 Å². The second kappa shape index (κ2) is 8.87. The molecule has 1 saturated heterocycles. The molecule has 0 aromatic heterocycles. The van der Waals surface area contributed by atoms with Crippen LogP contribution in [0.15, 0.2) is 24.3 Å². The average Bonchev–Trinajstić information content (AvgIpc) is 2.63. The van der Waals surface area contributed by atoms with Crippen LogP contribution in [-0.4, -0.2) is 54.2 Å². The Balaban J connectivity index is 1.64.